The molecule has 1 aliphatic heterocycles. The molecule has 0 bridgehead atoms. The first-order valence-corrected chi connectivity index (χ1v) is 13.5. The molecule has 7 nitrogen and oxygen atoms in total. The molecule has 1 aliphatic carbocycles. The third kappa shape index (κ3) is 5.18. The maximum absolute atomic E-state index is 14.6. The Hall–Kier alpha value is -2.59. The molecular weight excluding hydrogens is 500 g/mol. The van der Waals surface area contributed by atoms with Crippen LogP contribution in [-0.2, 0) is 14.6 Å². The van der Waals surface area contributed by atoms with E-state index in [-0.39, 0.29) is 38.9 Å². The topological polar surface area (TPSA) is 96.4 Å². The molecule has 2 aromatic rings. The molecule has 35 heavy (non-hydrogen) atoms. The number of hydrogen-bond acceptors (Lipinski definition) is 5. The lowest BCUT2D eigenvalue weighted by Crippen LogP contribution is -2.49. The Labute approximate surface area is 207 Å². The van der Waals surface area contributed by atoms with Gasteiger partial charge >= 0.3 is 0 Å². The van der Waals surface area contributed by atoms with Crippen LogP contribution in [0.3, 0.4) is 0 Å². The van der Waals surface area contributed by atoms with Gasteiger partial charge in [-0.3, -0.25) is 14.6 Å². The number of hydrogen-bond donors (Lipinski definition) is 1. The number of carbonyl (C=O) groups excluding carboxylic acids is 2. The summed E-state index contributed by atoms with van der Waals surface area (Å²) in [7, 11) is -3.55. The molecule has 1 aromatic heterocycles. The van der Waals surface area contributed by atoms with E-state index in [0.29, 0.717) is 12.8 Å². The maximum Gasteiger partial charge on any atom is 0.273 e. The number of aromatic nitrogens is 1. The molecule has 11 heteroatoms. The molecule has 1 aromatic carbocycles. The van der Waals surface area contributed by atoms with Gasteiger partial charge in [-0.2, -0.15) is 0 Å². The van der Waals surface area contributed by atoms with E-state index in [1.807, 2.05) is 0 Å². The van der Waals surface area contributed by atoms with E-state index in [0.717, 1.165) is 25.0 Å². The van der Waals surface area contributed by atoms with Crippen molar-refractivity contribution in [3.8, 4) is 0 Å². The van der Waals surface area contributed by atoms with Gasteiger partial charge in [0.15, 0.2) is 9.84 Å². The van der Waals surface area contributed by atoms with Crippen molar-refractivity contribution in [3.63, 3.8) is 0 Å². The average molecular weight is 526 g/mol. The van der Waals surface area contributed by atoms with Crippen LogP contribution in [0.25, 0.3) is 0 Å². The van der Waals surface area contributed by atoms with E-state index in [1.165, 1.54) is 30.2 Å². The zero-order chi connectivity index (χ0) is 25.5. The molecule has 1 saturated carbocycles. The molecule has 1 N–H and O–H groups in total. The summed E-state index contributed by atoms with van der Waals surface area (Å²) >= 11 is 5.68. The van der Waals surface area contributed by atoms with Gasteiger partial charge in [0.05, 0.1) is 21.7 Å². The first-order chi connectivity index (χ1) is 16.5. The number of rotatable bonds is 7. The summed E-state index contributed by atoms with van der Waals surface area (Å²) in [6.07, 6.45) is 3.68. The fourth-order valence-electron chi connectivity index (χ4n) is 4.51. The molecule has 1 saturated heterocycles. The monoisotopic (exact) mass is 525 g/mol. The first-order valence-electron chi connectivity index (χ1n) is 11.5. The van der Waals surface area contributed by atoms with Gasteiger partial charge in [0.2, 0.25) is 5.91 Å². The van der Waals surface area contributed by atoms with E-state index in [4.69, 9.17) is 11.6 Å². The highest BCUT2D eigenvalue weighted by atomic mass is 35.5. The van der Waals surface area contributed by atoms with Gasteiger partial charge in [-0.1, -0.05) is 18.5 Å². The highest BCUT2D eigenvalue weighted by Crippen LogP contribution is 2.43. The fourth-order valence-corrected chi connectivity index (χ4v) is 5.55. The van der Waals surface area contributed by atoms with Gasteiger partial charge in [0.1, 0.15) is 23.4 Å². The lowest BCUT2D eigenvalue weighted by atomic mass is 10.0. The van der Waals surface area contributed by atoms with Crippen LogP contribution in [0.15, 0.2) is 35.4 Å². The molecule has 3 atom stereocenters. The van der Waals surface area contributed by atoms with Gasteiger partial charge in [-0.05, 0) is 62.8 Å². The van der Waals surface area contributed by atoms with Crippen molar-refractivity contribution in [2.75, 3.05) is 5.75 Å². The summed E-state index contributed by atoms with van der Waals surface area (Å²) in [4.78, 5) is 32.1. The Morgan fingerprint density at radius 3 is 2.54 bits per heavy atom. The third-order valence-electron chi connectivity index (χ3n) is 6.66. The van der Waals surface area contributed by atoms with Crippen molar-refractivity contribution in [3.05, 3.63) is 58.4 Å². The highest BCUT2D eigenvalue weighted by Gasteiger charge is 2.42. The Kier molecular flexibility index (Phi) is 7.15. The zero-order valence-electron chi connectivity index (χ0n) is 19.3. The molecule has 0 radical (unpaired) electrons. The Balaban J connectivity index is 1.59. The summed E-state index contributed by atoms with van der Waals surface area (Å²) in [5, 5.41) is 2.49. The minimum Gasteiger partial charge on any atom is -0.347 e. The number of benzene rings is 1. The van der Waals surface area contributed by atoms with Crippen molar-refractivity contribution in [1.82, 2.24) is 15.2 Å². The second kappa shape index (κ2) is 9.81. The molecule has 0 unspecified atom stereocenters. The molecule has 2 fully saturated rings. The smallest absolute Gasteiger partial charge is 0.273 e. The third-order valence-corrected chi connectivity index (χ3v) is 8.68. The Morgan fingerprint density at radius 1 is 1.17 bits per heavy atom. The second-order valence-electron chi connectivity index (χ2n) is 9.05. The summed E-state index contributed by atoms with van der Waals surface area (Å²) in [6, 6.07) is 2.54. The molecule has 188 valence electrons. The van der Waals surface area contributed by atoms with Crippen LogP contribution in [0.2, 0.25) is 5.02 Å². The number of nitrogens with one attached hydrogen (secondary N) is 1. The van der Waals surface area contributed by atoms with Crippen molar-refractivity contribution in [2.24, 2.45) is 5.92 Å². The van der Waals surface area contributed by atoms with Gasteiger partial charge in [-0.25, -0.2) is 17.2 Å². The predicted molar refractivity (Wildman–Crippen MR) is 126 cm³/mol. The molecular formula is C24H26ClF2N3O4S. The summed E-state index contributed by atoms with van der Waals surface area (Å²) in [5.74, 6) is -2.70. The summed E-state index contributed by atoms with van der Waals surface area (Å²) in [5.41, 5.74) is -0.0542. The number of nitrogens with zero attached hydrogens (tertiary/aromatic N) is 2. The van der Waals surface area contributed by atoms with Gasteiger partial charge in [0.25, 0.3) is 5.91 Å². The van der Waals surface area contributed by atoms with Crippen LogP contribution in [0.4, 0.5) is 8.78 Å². The van der Waals surface area contributed by atoms with Crippen molar-refractivity contribution < 1.29 is 26.8 Å². The van der Waals surface area contributed by atoms with Crippen LogP contribution in [0, 0.1) is 17.6 Å². The minimum absolute atomic E-state index is 0.0137. The normalized spacial score (nSPS) is 21.1. The van der Waals surface area contributed by atoms with E-state index >= 15 is 0 Å². The SMILES string of the molecule is CCS(=O)(=O)c1ccnc(C(=O)N2[C@H](C)CC[C@@H]2C(=O)N[C@@H](c2cc(F)c(Cl)cc2F)C2CC2)c1. The van der Waals surface area contributed by atoms with E-state index in [2.05, 4.69) is 10.3 Å². The highest BCUT2D eigenvalue weighted by molar-refractivity contribution is 7.91. The molecule has 2 amide bonds. The van der Waals surface area contributed by atoms with Crippen LogP contribution < -0.4 is 5.32 Å². The number of halogens is 3. The first kappa shape index (κ1) is 25.5. The van der Waals surface area contributed by atoms with Crippen LogP contribution in [0.5, 0.6) is 0 Å². The number of carbonyl (C=O) groups is 2. The average Bonchev–Trinajstić information content (AvgIpc) is 3.60. The number of amides is 2. The van der Waals surface area contributed by atoms with E-state index < -0.39 is 45.4 Å². The Bertz CT molecular complexity index is 1270. The Morgan fingerprint density at radius 2 is 1.89 bits per heavy atom. The predicted octanol–water partition coefficient (Wildman–Crippen LogP) is 4.07. The number of sulfone groups is 1. The minimum atomic E-state index is -3.55. The van der Waals surface area contributed by atoms with Gasteiger partial charge in [-0.15, -0.1) is 0 Å². The summed E-state index contributed by atoms with van der Waals surface area (Å²) in [6.45, 7) is 3.30. The lowest BCUT2D eigenvalue weighted by Gasteiger charge is -2.29. The van der Waals surface area contributed by atoms with Gasteiger partial charge < -0.3 is 10.2 Å². The van der Waals surface area contributed by atoms with Crippen molar-refractivity contribution in [1.29, 1.82) is 0 Å². The van der Waals surface area contributed by atoms with E-state index in [9.17, 15) is 26.8 Å². The van der Waals surface area contributed by atoms with E-state index in [1.54, 1.807) is 6.92 Å². The fraction of sp³-hybridized carbons (Fsp3) is 0.458. The molecule has 4 rings (SSSR count). The zero-order valence-corrected chi connectivity index (χ0v) is 20.9. The second-order valence-corrected chi connectivity index (χ2v) is 11.7. The molecule has 0 spiro atoms. The lowest BCUT2D eigenvalue weighted by molar-refractivity contribution is -0.126. The molecule has 2 heterocycles. The van der Waals surface area contributed by atoms with Gasteiger partial charge in [0, 0.05) is 17.8 Å². The standard InChI is InChI=1S/C24H26ClF2N3O4S/c1-3-35(33,34)15-8-9-28-20(10-15)24(32)30-13(2)4-7-21(30)23(31)29-22(14-5-6-14)16-11-19(27)17(25)12-18(16)26/h8-14,21-22H,3-7H2,1-2H3,(H,29,31)/t13-,21-,22-/m1/s1. The number of likely N-dealkylation sites (tertiary alicyclic amines) is 1. The van der Waals surface area contributed by atoms with Crippen LogP contribution >= 0.6 is 11.6 Å². The van der Waals surface area contributed by atoms with Crippen LogP contribution in [0.1, 0.15) is 61.6 Å². The van der Waals surface area contributed by atoms with Crippen LogP contribution in [-0.4, -0.2) is 48.0 Å². The largest absolute Gasteiger partial charge is 0.347 e. The van der Waals surface area contributed by atoms with Crippen molar-refractivity contribution >= 4 is 33.3 Å². The summed E-state index contributed by atoms with van der Waals surface area (Å²) < 4.78 is 53.2. The molecule has 2 aliphatic rings. The maximum atomic E-state index is 14.6. The van der Waals surface area contributed by atoms with Crippen molar-refractivity contribution in [2.45, 2.75) is 62.6 Å². The quantitative estimate of drug-likeness (QED) is 0.550. The number of pyridine rings is 1.